The molecule has 3 rings (SSSR count). The van der Waals surface area contributed by atoms with Gasteiger partial charge in [0.15, 0.2) is 0 Å². The number of hydrogen-bond acceptors (Lipinski definition) is 8. The zero-order chi connectivity index (χ0) is 23.1. The average molecular weight is 482 g/mol. The summed E-state index contributed by atoms with van der Waals surface area (Å²) in [5.41, 5.74) is 1.06. The molecule has 172 valence electrons. The van der Waals surface area contributed by atoms with E-state index in [0.717, 1.165) is 29.3 Å². The highest BCUT2D eigenvalue weighted by Gasteiger charge is 2.21. The lowest BCUT2D eigenvalue weighted by molar-refractivity contribution is -0.136. The number of aryl methyl sites for hydroxylation is 1. The van der Waals surface area contributed by atoms with Gasteiger partial charge in [-0.2, -0.15) is 11.8 Å². The molecule has 8 nitrogen and oxygen atoms in total. The summed E-state index contributed by atoms with van der Waals surface area (Å²) in [5, 5.41) is 17.4. The van der Waals surface area contributed by atoms with E-state index in [-0.39, 0.29) is 39.7 Å². The van der Waals surface area contributed by atoms with Gasteiger partial charge < -0.3 is 14.6 Å². The smallest absolute Gasteiger partial charge is 0.307 e. The Labute approximate surface area is 192 Å². The minimum atomic E-state index is -1.08. The van der Waals surface area contributed by atoms with Crippen LogP contribution in [0.5, 0.6) is 5.19 Å². The van der Waals surface area contributed by atoms with Crippen LogP contribution in [-0.2, 0) is 16.0 Å². The van der Waals surface area contributed by atoms with Crippen molar-refractivity contribution in [2.75, 3.05) is 31.3 Å². The zero-order valence-electron chi connectivity index (χ0n) is 17.8. The monoisotopic (exact) mass is 481 g/mol. The number of thioether (sulfide) groups is 1. The van der Waals surface area contributed by atoms with Crippen LogP contribution in [0.1, 0.15) is 34.4 Å². The van der Waals surface area contributed by atoms with Crippen molar-refractivity contribution in [2.45, 2.75) is 26.7 Å². The Kier molecular flexibility index (Phi) is 8.60. The van der Waals surface area contributed by atoms with Gasteiger partial charge in [0.25, 0.3) is 11.1 Å². The molecule has 0 aliphatic rings. The highest BCUT2D eigenvalue weighted by atomic mass is 32.2. The fourth-order valence-electron chi connectivity index (χ4n) is 3.10. The Morgan fingerprint density at radius 2 is 2.00 bits per heavy atom. The first-order chi connectivity index (χ1) is 15.4. The number of aliphatic carboxylic acids is 1. The van der Waals surface area contributed by atoms with Gasteiger partial charge in [-0.05, 0) is 54.2 Å². The van der Waals surface area contributed by atoms with Crippen LogP contribution in [0.4, 0.5) is 4.39 Å². The minimum absolute atomic E-state index is 0.0847. The van der Waals surface area contributed by atoms with Crippen molar-refractivity contribution < 1.29 is 28.6 Å². The lowest BCUT2D eigenvalue weighted by Crippen LogP contribution is -2.13. The van der Waals surface area contributed by atoms with Gasteiger partial charge in [0.2, 0.25) is 5.01 Å². The van der Waals surface area contributed by atoms with Crippen LogP contribution in [-0.4, -0.2) is 63.1 Å². The third-order valence-electron chi connectivity index (χ3n) is 4.44. The molecule has 0 bridgehead atoms. The van der Waals surface area contributed by atoms with Crippen molar-refractivity contribution in [3.8, 4) is 5.19 Å². The van der Waals surface area contributed by atoms with Crippen molar-refractivity contribution in [1.29, 1.82) is 0 Å². The normalized spacial score (nSPS) is 11.2. The van der Waals surface area contributed by atoms with Crippen LogP contribution in [0.3, 0.4) is 0 Å². The number of aromatic nitrogens is 3. The van der Waals surface area contributed by atoms with Gasteiger partial charge in [0, 0.05) is 16.8 Å². The number of halogens is 1. The molecule has 11 heteroatoms. The van der Waals surface area contributed by atoms with Crippen LogP contribution in [0.25, 0.3) is 10.9 Å². The maximum Gasteiger partial charge on any atom is 0.307 e. The van der Waals surface area contributed by atoms with Crippen molar-refractivity contribution in [3.63, 3.8) is 0 Å². The van der Waals surface area contributed by atoms with Crippen molar-refractivity contribution in [3.05, 3.63) is 40.3 Å². The number of carbonyl (C=O) groups excluding carboxylic acids is 1. The molecule has 32 heavy (non-hydrogen) atoms. The number of nitrogens with zero attached hydrogens (tertiary/aromatic N) is 3. The second-order valence-corrected chi connectivity index (χ2v) is 9.12. The number of ether oxygens (including phenoxy) is 2. The fraction of sp³-hybridized carbons (Fsp3) is 0.429. The third-order valence-corrected chi connectivity index (χ3v) is 6.41. The summed E-state index contributed by atoms with van der Waals surface area (Å²) in [5.74, 6) is -0.0988. The van der Waals surface area contributed by atoms with E-state index in [1.807, 2.05) is 11.8 Å². The van der Waals surface area contributed by atoms with Crippen LogP contribution < -0.4 is 4.74 Å². The first-order valence-corrected chi connectivity index (χ1v) is 12.1. The molecular weight excluding hydrogens is 457 g/mol. The average Bonchev–Trinajstić information content (AvgIpc) is 3.33. The molecule has 0 saturated heterocycles. The molecule has 0 atom stereocenters. The van der Waals surface area contributed by atoms with Crippen LogP contribution in [0.2, 0.25) is 0 Å². The van der Waals surface area contributed by atoms with Gasteiger partial charge in [0.1, 0.15) is 12.4 Å². The van der Waals surface area contributed by atoms with Crippen molar-refractivity contribution in [1.82, 2.24) is 14.8 Å². The van der Waals surface area contributed by atoms with E-state index in [1.165, 1.54) is 16.7 Å². The quantitative estimate of drug-likeness (QED) is 0.390. The van der Waals surface area contributed by atoms with Crippen LogP contribution in [0.15, 0.2) is 18.2 Å². The zero-order valence-corrected chi connectivity index (χ0v) is 19.4. The molecule has 1 aromatic carbocycles. The SMILES string of the molecule is CCCSCCOCCOc1nnc(C(=O)n2c(C)cc3c(F)cc(CC(=O)O)cc32)s1. The number of benzene rings is 1. The number of carboxylic acid groups (broad SMARTS) is 1. The van der Waals surface area contributed by atoms with Crippen molar-refractivity contribution in [2.24, 2.45) is 0 Å². The molecule has 1 N–H and O–H groups in total. The topological polar surface area (TPSA) is 104 Å². The van der Waals surface area contributed by atoms with E-state index in [2.05, 4.69) is 17.1 Å². The molecule has 0 spiro atoms. The summed E-state index contributed by atoms with van der Waals surface area (Å²) in [6, 6.07) is 4.22. The molecule has 0 aliphatic carbocycles. The van der Waals surface area contributed by atoms with E-state index < -0.39 is 17.7 Å². The van der Waals surface area contributed by atoms with Gasteiger partial charge >= 0.3 is 5.97 Å². The van der Waals surface area contributed by atoms with Gasteiger partial charge in [0.05, 0.1) is 25.2 Å². The van der Waals surface area contributed by atoms with E-state index in [9.17, 15) is 14.0 Å². The first-order valence-electron chi connectivity index (χ1n) is 10.1. The van der Waals surface area contributed by atoms with Crippen LogP contribution in [0, 0.1) is 12.7 Å². The highest BCUT2D eigenvalue weighted by molar-refractivity contribution is 7.99. The maximum absolute atomic E-state index is 14.5. The van der Waals surface area contributed by atoms with Gasteiger partial charge in [-0.3, -0.25) is 14.2 Å². The molecule has 2 aromatic heterocycles. The van der Waals surface area contributed by atoms with Gasteiger partial charge in [-0.1, -0.05) is 12.0 Å². The Morgan fingerprint density at radius 1 is 1.19 bits per heavy atom. The largest absolute Gasteiger partial charge is 0.481 e. The molecule has 0 unspecified atom stereocenters. The Balaban J connectivity index is 1.66. The second kappa shape index (κ2) is 11.4. The first kappa shape index (κ1) is 24.1. The lowest BCUT2D eigenvalue weighted by atomic mass is 10.1. The summed E-state index contributed by atoms with van der Waals surface area (Å²) in [6.45, 7) is 5.15. The van der Waals surface area contributed by atoms with E-state index >= 15 is 0 Å². The van der Waals surface area contributed by atoms with E-state index in [0.29, 0.717) is 18.9 Å². The molecule has 2 heterocycles. The van der Waals surface area contributed by atoms with E-state index in [4.69, 9.17) is 14.6 Å². The molecule has 0 amide bonds. The molecule has 0 fully saturated rings. The maximum atomic E-state index is 14.5. The number of rotatable bonds is 12. The summed E-state index contributed by atoms with van der Waals surface area (Å²) in [4.78, 5) is 24.1. The Morgan fingerprint density at radius 3 is 2.75 bits per heavy atom. The molecule has 0 aliphatic heterocycles. The fourth-order valence-corrected chi connectivity index (χ4v) is 4.48. The number of fused-ring (bicyclic) bond motifs is 1. The molecule has 0 radical (unpaired) electrons. The Bertz CT molecular complexity index is 1100. The number of carboxylic acids is 1. The summed E-state index contributed by atoms with van der Waals surface area (Å²) in [7, 11) is 0. The summed E-state index contributed by atoms with van der Waals surface area (Å²) in [6.07, 6.45) is 0.796. The van der Waals surface area contributed by atoms with Gasteiger partial charge in [-0.15, -0.1) is 5.10 Å². The molecule has 0 saturated carbocycles. The standard InChI is InChI=1S/C21H24FN3O5S2/c1-3-7-31-8-6-29-4-5-30-21-24-23-19(32-21)20(28)25-13(2)9-15-16(22)10-14(11-17(15)25)12-18(26)27/h9-11H,3-8,12H2,1-2H3,(H,26,27). The van der Waals surface area contributed by atoms with Crippen molar-refractivity contribution >= 4 is 45.9 Å². The minimum Gasteiger partial charge on any atom is -0.481 e. The molecule has 3 aromatic rings. The summed E-state index contributed by atoms with van der Waals surface area (Å²) >= 11 is 2.83. The predicted molar refractivity (Wildman–Crippen MR) is 122 cm³/mol. The number of carbonyl (C=O) groups is 2. The Hall–Kier alpha value is -2.50. The van der Waals surface area contributed by atoms with Gasteiger partial charge in [-0.25, -0.2) is 4.39 Å². The van der Waals surface area contributed by atoms with E-state index in [1.54, 1.807) is 13.0 Å². The predicted octanol–water partition coefficient (Wildman–Crippen LogP) is 3.79. The molecular formula is C21H24FN3O5S2. The number of hydrogen-bond donors (Lipinski definition) is 1. The third kappa shape index (κ3) is 6.05. The summed E-state index contributed by atoms with van der Waals surface area (Å²) < 4.78 is 26.8. The van der Waals surface area contributed by atoms with Crippen LogP contribution >= 0.6 is 23.1 Å². The second-order valence-electron chi connectivity index (χ2n) is 6.95. The highest BCUT2D eigenvalue weighted by Crippen LogP contribution is 2.27. The lowest BCUT2D eigenvalue weighted by Gasteiger charge is -2.06.